The minimum Gasteiger partial charge on any atom is -0.463 e. The predicted molar refractivity (Wildman–Crippen MR) is 184 cm³/mol. The van der Waals surface area contributed by atoms with Gasteiger partial charge in [0.2, 0.25) is 11.8 Å². The number of aromatic nitrogens is 3. The van der Waals surface area contributed by atoms with Crippen LogP contribution in [0, 0.1) is 0 Å². The summed E-state index contributed by atoms with van der Waals surface area (Å²) in [5.41, 5.74) is -0.384. The van der Waals surface area contributed by atoms with Crippen LogP contribution in [0.25, 0.3) is 0 Å². The fourth-order valence-electron chi connectivity index (χ4n) is 6.16. The second kappa shape index (κ2) is 17.3. The molecule has 0 unspecified atom stereocenters. The number of fused-ring (bicyclic) bond motifs is 1. The summed E-state index contributed by atoms with van der Waals surface area (Å²) in [6, 6.07) is -1.54. The third-order valence-corrected chi connectivity index (χ3v) is 9.73. The number of esters is 4. The lowest BCUT2D eigenvalue weighted by atomic mass is 9.95. The van der Waals surface area contributed by atoms with Crippen LogP contribution in [0.3, 0.4) is 0 Å². The van der Waals surface area contributed by atoms with Gasteiger partial charge in [0.25, 0.3) is 0 Å². The summed E-state index contributed by atoms with van der Waals surface area (Å²) in [4.78, 5) is 87.7. The maximum absolute atomic E-state index is 13.3. The van der Waals surface area contributed by atoms with E-state index in [4.69, 9.17) is 33.2 Å². The van der Waals surface area contributed by atoms with E-state index in [9.17, 15) is 33.6 Å². The normalized spacial score (nSPS) is 27.1. The summed E-state index contributed by atoms with van der Waals surface area (Å²) in [7, 11) is 0. The molecule has 54 heavy (non-hydrogen) atoms. The average molecular weight is 785 g/mol. The molecule has 0 aromatic carbocycles. The predicted octanol–water partition coefficient (Wildman–Crippen LogP) is 0.340. The molecule has 3 aliphatic heterocycles. The van der Waals surface area contributed by atoms with Gasteiger partial charge in [-0.15, -0.1) is 16.9 Å². The molecular weight excluding hydrogens is 736 g/mol. The lowest BCUT2D eigenvalue weighted by molar-refractivity contribution is -0.310. The standard InChI is InChI=1S/C33H48N6O14S/c1-16(40)47-15-21-23(49-17(2)41)24(50-18(3)42)25(51-19(4)43)30(52-21)48-14-20-13-38(37-36-20)12-10-11-34-27(44)26-33(8,9)54-29-22(28(45)39(26)29)35-31(46)53-32(5,6)7/h13,21-26,29-30H,10-12,14-15H2,1-9H3,(H,34,44)(H,35,46)/t21-,22-,23-,24+,25-,26+,29-,30-/m1/s1. The van der Waals surface area contributed by atoms with E-state index < -0.39 is 95.1 Å². The van der Waals surface area contributed by atoms with Crippen molar-refractivity contribution < 1.29 is 66.7 Å². The summed E-state index contributed by atoms with van der Waals surface area (Å²) >= 11 is 1.44. The van der Waals surface area contributed by atoms with Crippen molar-refractivity contribution in [2.24, 2.45) is 0 Å². The molecule has 3 aliphatic rings. The maximum atomic E-state index is 13.3. The number of carbonyl (C=O) groups excluding carboxylic acids is 7. The quantitative estimate of drug-likeness (QED) is 0.112. The van der Waals surface area contributed by atoms with Crippen LogP contribution in [-0.4, -0.2) is 133 Å². The summed E-state index contributed by atoms with van der Waals surface area (Å²) in [5, 5.41) is 13.3. The molecule has 2 N–H and O–H groups in total. The molecule has 4 heterocycles. The van der Waals surface area contributed by atoms with E-state index in [1.807, 2.05) is 13.8 Å². The Labute approximate surface area is 315 Å². The number of β-lactam (4-membered cyclic amide) rings is 1. The van der Waals surface area contributed by atoms with Gasteiger partial charge in [-0.25, -0.2) is 4.79 Å². The van der Waals surface area contributed by atoms with Crippen LogP contribution in [0.5, 0.6) is 0 Å². The number of carbonyl (C=O) groups is 7. The van der Waals surface area contributed by atoms with Gasteiger partial charge < -0.3 is 48.7 Å². The topological polar surface area (TPSA) is 242 Å². The largest absolute Gasteiger partial charge is 0.463 e. The van der Waals surface area contributed by atoms with Crippen LogP contribution >= 0.6 is 11.8 Å². The number of hydrogen-bond acceptors (Lipinski definition) is 17. The fourth-order valence-corrected chi connectivity index (χ4v) is 7.79. The molecule has 3 saturated heterocycles. The number of nitrogens with zero attached hydrogens (tertiary/aromatic N) is 4. The van der Waals surface area contributed by atoms with Crippen LogP contribution in [0.15, 0.2) is 6.20 Å². The zero-order chi connectivity index (χ0) is 40.1. The number of rotatable bonds is 14. The van der Waals surface area contributed by atoms with E-state index in [-0.39, 0.29) is 25.0 Å². The Kier molecular flexibility index (Phi) is 13.5. The van der Waals surface area contributed by atoms with Gasteiger partial charge >= 0.3 is 30.0 Å². The van der Waals surface area contributed by atoms with Gasteiger partial charge in [-0.05, 0) is 41.0 Å². The number of aryl methyl sites for hydroxylation is 1. The zero-order valence-electron chi connectivity index (χ0n) is 31.6. The van der Waals surface area contributed by atoms with E-state index in [0.717, 1.165) is 20.8 Å². The minimum absolute atomic E-state index is 0.215. The molecule has 8 atom stereocenters. The highest BCUT2D eigenvalue weighted by Gasteiger charge is 2.64. The SMILES string of the molecule is CC(=O)OC[C@H]1O[C@@H](OCc2cn(CCCNC(=O)[C@@H]3N4C(=O)[C@@H](NC(=O)OC(C)(C)C)[C@H]4SC3(C)C)nn2)[C@H](OC(C)=O)[C@@H](OC(C)=O)[C@@H]1OC(C)=O. The highest BCUT2D eigenvalue weighted by atomic mass is 32.2. The number of amides is 3. The molecule has 0 spiro atoms. The van der Waals surface area contributed by atoms with Crippen LogP contribution in [0.4, 0.5) is 4.79 Å². The van der Waals surface area contributed by atoms with Gasteiger partial charge in [-0.3, -0.25) is 33.4 Å². The van der Waals surface area contributed by atoms with Crippen molar-refractivity contribution in [3.05, 3.63) is 11.9 Å². The third kappa shape index (κ3) is 10.8. The van der Waals surface area contributed by atoms with Crippen LogP contribution < -0.4 is 10.6 Å². The molecular formula is C33H48N6O14S. The van der Waals surface area contributed by atoms with Gasteiger partial charge in [0.1, 0.15) is 41.5 Å². The third-order valence-electron chi connectivity index (χ3n) is 8.15. The lowest BCUT2D eigenvalue weighted by Gasteiger charge is -2.44. The first-order valence-electron chi connectivity index (χ1n) is 17.2. The van der Waals surface area contributed by atoms with E-state index in [2.05, 4.69) is 20.9 Å². The molecule has 1 aromatic rings. The van der Waals surface area contributed by atoms with Gasteiger partial charge in [-0.2, -0.15) is 0 Å². The molecule has 0 aliphatic carbocycles. The zero-order valence-corrected chi connectivity index (χ0v) is 32.5. The van der Waals surface area contributed by atoms with Gasteiger partial charge in [0.05, 0.1) is 12.8 Å². The van der Waals surface area contributed by atoms with Crippen molar-refractivity contribution in [3.63, 3.8) is 0 Å². The van der Waals surface area contributed by atoms with Crippen LogP contribution in [0.1, 0.15) is 74.4 Å². The van der Waals surface area contributed by atoms with Gasteiger partial charge in [0, 0.05) is 45.5 Å². The van der Waals surface area contributed by atoms with Crippen molar-refractivity contribution in [1.29, 1.82) is 0 Å². The number of hydrogen-bond donors (Lipinski definition) is 2. The maximum Gasteiger partial charge on any atom is 0.408 e. The molecule has 4 rings (SSSR count). The molecule has 3 fully saturated rings. The number of nitrogens with one attached hydrogen (secondary N) is 2. The average Bonchev–Trinajstić information content (AvgIpc) is 3.60. The number of ether oxygens (including phenoxy) is 7. The molecule has 300 valence electrons. The number of alkyl carbamates (subject to hydrolysis) is 1. The second-order valence-electron chi connectivity index (χ2n) is 14.4. The van der Waals surface area contributed by atoms with E-state index in [1.165, 1.54) is 28.3 Å². The smallest absolute Gasteiger partial charge is 0.408 e. The fraction of sp³-hybridized carbons (Fsp3) is 0.727. The summed E-state index contributed by atoms with van der Waals surface area (Å²) < 4.78 is 39.3. The lowest BCUT2D eigenvalue weighted by Crippen LogP contribution is -2.71. The second-order valence-corrected chi connectivity index (χ2v) is 16.2. The molecule has 1 aromatic heterocycles. The van der Waals surface area contributed by atoms with E-state index in [1.54, 1.807) is 27.0 Å². The minimum atomic E-state index is -1.39. The molecule has 0 saturated carbocycles. The van der Waals surface area contributed by atoms with Crippen LogP contribution in [0.2, 0.25) is 0 Å². The first kappa shape index (κ1) is 42.2. The summed E-state index contributed by atoms with van der Waals surface area (Å²) in [6.45, 7) is 13.5. The Morgan fingerprint density at radius 3 is 2.19 bits per heavy atom. The van der Waals surface area contributed by atoms with Crippen LogP contribution in [-0.2, 0) is 75.1 Å². The Bertz CT molecular complexity index is 1600. The van der Waals surface area contributed by atoms with Crippen molar-refractivity contribution in [3.8, 4) is 0 Å². The van der Waals surface area contributed by atoms with Gasteiger partial charge in [0.15, 0.2) is 24.6 Å². The van der Waals surface area contributed by atoms with E-state index in [0.29, 0.717) is 18.7 Å². The van der Waals surface area contributed by atoms with Crippen molar-refractivity contribution in [2.75, 3.05) is 13.2 Å². The van der Waals surface area contributed by atoms with E-state index >= 15 is 0 Å². The molecule has 3 amide bonds. The first-order chi connectivity index (χ1) is 25.2. The highest BCUT2D eigenvalue weighted by molar-refractivity contribution is 8.01. The Balaban J connectivity index is 1.32. The molecule has 0 radical (unpaired) electrons. The molecule has 20 nitrogen and oxygen atoms in total. The first-order valence-corrected chi connectivity index (χ1v) is 18.1. The van der Waals surface area contributed by atoms with Crippen molar-refractivity contribution in [2.45, 2.75) is 140 Å². The monoisotopic (exact) mass is 784 g/mol. The summed E-state index contributed by atoms with van der Waals surface area (Å²) in [6.07, 6.45) is -5.30. The van der Waals surface area contributed by atoms with Gasteiger partial charge in [-0.1, -0.05) is 5.21 Å². The number of thioether (sulfide) groups is 1. The Morgan fingerprint density at radius 2 is 1.57 bits per heavy atom. The highest BCUT2D eigenvalue weighted by Crippen LogP contribution is 2.50. The van der Waals surface area contributed by atoms with Crippen molar-refractivity contribution >= 4 is 53.5 Å². The molecule has 21 heteroatoms. The Hall–Kier alpha value is -4.50. The summed E-state index contributed by atoms with van der Waals surface area (Å²) in [5.74, 6) is -3.62. The molecule has 0 bridgehead atoms. The Morgan fingerprint density at radius 1 is 0.944 bits per heavy atom. The van der Waals surface area contributed by atoms with Crippen molar-refractivity contribution in [1.82, 2.24) is 30.5 Å².